The van der Waals surface area contributed by atoms with Crippen molar-refractivity contribution < 1.29 is 19.2 Å². The number of nitrogens with zero attached hydrogens (tertiary/aromatic N) is 3. The van der Waals surface area contributed by atoms with Crippen LogP contribution in [0, 0.1) is 0 Å². The summed E-state index contributed by atoms with van der Waals surface area (Å²) in [7, 11) is 0. The van der Waals surface area contributed by atoms with E-state index < -0.39 is 23.6 Å². The first-order valence-electron chi connectivity index (χ1n) is 10.8. The van der Waals surface area contributed by atoms with Gasteiger partial charge in [-0.2, -0.15) is 0 Å². The van der Waals surface area contributed by atoms with Gasteiger partial charge in [-0.15, -0.1) is 0 Å². The molecule has 0 saturated carbocycles. The normalized spacial score (nSPS) is 18.2. The molecule has 0 spiro atoms. The molecule has 1 aromatic heterocycles. The number of para-hydroxylation sites is 1. The van der Waals surface area contributed by atoms with Gasteiger partial charge in [0.15, 0.2) is 0 Å². The molecule has 0 aliphatic carbocycles. The number of carbonyl (C=O) groups is 4. The summed E-state index contributed by atoms with van der Waals surface area (Å²) in [5.41, 5.74) is 4.01. The Hall–Kier alpha value is -4.07. The van der Waals surface area contributed by atoms with Crippen molar-refractivity contribution in [3.63, 3.8) is 0 Å². The molecule has 3 aromatic rings. The van der Waals surface area contributed by atoms with Crippen LogP contribution in [0.25, 0.3) is 17.1 Å². The Morgan fingerprint density at radius 3 is 2.52 bits per heavy atom. The van der Waals surface area contributed by atoms with Gasteiger partial charge in [0.2, 0.25) is 11.7 Å². The van der Waals surface area contributed by atoms with E-state index in [2.05, 4.69) is 13.8 Å². The van der Waals surface area contributed by atoms with E-state index in [0.29, 0.717) is 5.56 Å². The van der Waals surface area contributed by atoms with E-state index in [4.69, 9.17) is 4.98 Å². The number of ketones is 1. The Kier molecular flexibility index (Phi) is 4.92. The van der Waals surface area contributed by atoms with Gasteiger partial charge in [0.05, 0.1) is 5.69 Å². The molecule has 0 radical (unpaired) electrons. The third-order valence-corrected chi connectivity index (χ3v) is 6.09. The predicted molar refractivity (Wildman–Crippen MR) is 120 cm³/mol. The van der Waals surface area contributed by atoms with Crippen LogP contribution in [-0.4, -0.2) is 44.0 Å². The maximum absolute atomic E-state index is 13.0. The number of carbonyl (C=O) groups excluding carboxylic acids is 4. The second kappa shape index (κ2) is 7.81. The van der Waals surface area contributed by atoms with E-state index >= 15 is 0 Å². The molecule has 1 N–H and O–H groups in total. The Balaban J connectivity index is 1.51. The van der Waals surface area contributed by atoms with Gasteiger partial charge >= 0.3 is 0 Å². The Morgan fingerprint density at radius 1 is 1.03 bits per heavy atom. The van der Waals surface area contributed by atoms with Crippen molar-refractivity contribution in [1.82, 2.24) is 19.8 Å². The second-order valence-electron chi connectivity index (χ2n) is 8.62. The van der Waals surface area contributed by atoms with E-state index in [9.17, 15) is 19.2 Å². The number of hydrogen-bond acceptors (Lipinski definition) is 5. The van der Waals surface area contributed by atoms with Crippen molar-refractivity contribution in [3.05, 3.63) is 71.5 Å². The first-order chi connectivity index (χ1) is 15.8. The Labute approximate surface area is 190 Å². The highest BCUT2D eigenvalue weighted by Gasteiger charge is 2.42. The van der Waals surface area contributed by atoms with Crippen LogP contribution < -0.4 is 5.32 Å². The summed E-state index contributed by atoms with van der Waals surface area (Å²) < 4.78 is 2.03. The van der Waals surface area contributed by atoms with E-state index in [1.54, 1.807) is 6.07 Å². The van der Waals surface area contributed by atoms with Crippen LogP contribution in [0.2, 0.25) is 0 Å². The van der Waals surface area contributed by atoms with Crippen molar-refractivity contribution in [3.8, 4) is 17.1 Å². The number of aromatic nitrogens is 2. The van der Waals surface area contributed by atoms with Crippen molar-refractivity contribution in [2.75, 3.05) is 0 Å². The van der Waals surface area contributed by atoms with Crippen LogP contribution in [0.1, 0.15) is 47.8 Å². The van der Waals surface area contributed by atoms with Gasteiger partial charge in [0.25, 0.3) is 11.8 Å². The summed E-state index contributed by atoms with van der Waals surface area (Å²) in [6, 6.07) is 14.4. The predicted octanol–water partition coefficient (Wildman–Crippen LogP) is 2.60. The molecular formula is C25H22N4O4. The lowest BCUT2D eigenvalue weighted by molar-refractivity contribution is -0.147. The van der Waals surface area contributed by atoms with Gasteiger partial charge in [-0.3, -0.25) is 29.1 Å². The zero-order chi connectivity index (χ0) is 23.3. The van der Waals surface area contributed by atoms with Crippen molar-refractivity contribution in [1.29, 1.82) is 0 Å². The fourth-order valence-corrected chi connectivity index (χ4v) is 4.28. The smallest absolute Gasteiger partial charge is 0.294 e. The lowest BCUT2D eigenvalue weighted by Crippen LogP contribution is -2.56. The summed E-state index contributed by atoms with van der Waals surface area (Å²) in [5, 5.41) is 2.04. The molecule has 0 bridgehead atoms. The van der Waals surface area contributed by atoms with Crippen LogP contribution in [-0.2, 0) is 20.9 Å². The highest BCUT2D eigenvalue weighted by atomic mass is 16.2. The molecule has 2 aromatic carbocycles. The molecular weight excluding hydrogens is 420 g/mol. The van der Waals surface area contributed by atoms with Crippen LogP contribution in [0.4, 0.5) is 0 Å². The highest BCUT2D eigenvalue weighted by molar-refractivity contribution is 6.41. The molecule has 3 heterocycles. The summed E-state index contributed by atoms with van der Waals surface area (Å²) in [6.07, 6.45) is 1.72. The van der Waals surface area contributed by atoms with Gasteiger partial charge in [-0.05, 0) is 35.7 Å². The first-order valence-corrected chi connectivity index (χ1v) is 10.8. The highest BCUT2D eigenvalue weighted by Crippen LogP contribution is 2.32. The zero-order valence-corrected chi connectivity index (χ0v) is 18.2. The monoisotopic (exact) mass is 442 g/mol. The van der Waals surface area contributed by atoms with Gasteiger partial charge in [0.1, 0.15) is 11.9 Å². The topological polar surface area (TPSA) is 101 Å². The summed E-state index contributed by atoms with van der Waals surface area (Å²) in [4.78, 5) is 54.8. The van der Waals surface area contributed by atoms with Crippen molar-refractivity contribution >= 4 is 23.5 Å². The molecule has 166 valence electrons. The third-order valence-electron chi connectivity index (χ3n) is 6.09. The zero-order valence-electron chi connectivity index (χ0n) is 18.2. The van der Waals surface area contributed by atoms with Crippen LogP contribution >= 0.6 is 0 Å². The first kappa shape index (κ1) is 20.8. The van der Waals surface area contributed by atoms with Crippen molar-refractivity contribution in [2.24, 2.45) is 0 Å². The van der Waals surface area contributed by atoms with Crippen LogP contribution in [0.5, 0.6) is 0 Å². The number of amides is 3. The molecule has 1 saturated heterocycles. The maximum atomic E-state index is 13.0. The number of rotatable bonds is 4. The minimum atomic E-state index is -0.989. The molecule has 1 fully saturated rings. The number of Topliss-reactive ketones (excluding diaryl/α,β-unsaturated/α-hetero) is 1. The molecule has 2 aliphatic heterocycles. The largest absolute Gasteiger partial charge is 0.322 e. The molecule has 33 heavy (non-hydrogen) atoms. The number of imidazole rings is 1. The lowest BCUT2D eigenvalue weighted by Gasteiger charge is -2.28. The minimum Gasteiger partial charge on any atom is -0.322 e. The van der Waals surface area contributed by atoms with Crippen molar-refractivity contribution in [2.45, 2.75) is 38.8 Å². The average molecular weight is 442 g/mol. The van der Waals surface area contributed by atoms with Gasteiger partial charge in [0, 0.05) is 36.0 Å². The molecule has 5 rings (SSSR count). The van der Waals surface area contributed by atoms with E-state index in [0.717, 1.165) is 28.3 Å². The number of benzene rings is 2. The molecule has 2 aliphatic rings. The van der Waals surface area contributed by atoms with E-state index in [1.807, 2.05) is 58.5 Å². The molecule has 1 unspecified atom stereocenters. The fraction of sp³-hybridized carbons (Fsp3) is 0.240. The Morgan fingerprint density at radius 2 is 1.79 bits per heavy atom. The number of fused-ring (bicyclic) bond motifs is 1. The number of nitrogens with one attached hydrogen (secondary N) is 1. The summed E-state index contributed by atoms with van der Waals surface area (Å²) >= 11 is 0. The SMILES string of the molecule is CC(C)c1cn(-c2ccccc2)c(-c2ccc3c(c2)CN(C2CC(=O)C(=O)NC2=O)C3=O)n1. The van der Waals surface area contributed by atoms with E-state index in [-0.39, 0.29) is 24.8 Å². The average Bonchev–Trinajstić information content (AvgIpc) is 3.39. The number of piperidine rings is 1. The molecule has 1 atom stereocenters. The third kappa shape index (κ3) is 3.53. The van der Waals surface area contributed by atoms with Crippen LogP contribution in [0.15, 0.2) is 54.7 Å². The molecule has 3 amide bonds. The quantitative estimate of drug-likeness (QED) is 0.494. The number of imide groups is 1. The van der Waals surface area contributed by atoms with Gasteiger partial charge in [-0.1, -0.05) is 38.1 Å². The minimum absolute atomic E-state index is 0.185. The van der Waals surface area contributed by atoms with E-state index in [1.165, 1.54) is 4.90 Å². The second-order valence-corrected chi connectivity index (χ2v) is 8.62. The fourth-order valence-electron chi connectivity index (χ4n) is 4.28. The summed E-state index contributed by atoms with van der Waals surface area (Å²) in [5.74, 6) is -1.57. The standard InChI is InChI=1S/C25H22N4O4/c1-14(2)19-13-28(17-6-4-3-5-7-17)22(26-19)15-8-9-18-16(10-15)12-29(25(18)33)20-11-21(30)24(32)27-23(20)31/h3-10,13-14,20H,11-12H2,1-2H3,(H,27,31,32). The van der Waals surface area contributed by atoms with Crippen LogP contribution in [0.3, 0.4) is 0 Å². The van der Waals surface area contributed by atoms with Gasteiger partial charge < -0.3 is 4.90 Å². The summed E-state index contributed by atoms with van der Waals surface area (Å²) in [6.45, 7) is 4.36. The molecule has 8 nitrogen and oxygen atoms in total. The number of hydrogen-bond donors (Lipinski definition) is 1. The Bertz CT molecular complexity index is 1310. The molecule has 8 heteroatoms. The lowest BCUT2D eigenvalue weighted by atomic mass is 10.0. The van der Waals surface area contributed by atoms with Gasteiger partial charge in [-0.25, -0.2) is 4.98 Å². The maximum Gasteiger partial charge on any atom is 0.294 e.